The minimum absolute atomic E-state index is 0.0727. The summed E-state index contributed by atoms with van der Waals surface area (Å²) in [6.45, 7) is -0.0910. The van der Waals surface area contributed by atoms with Gasteiger partial charge < -0.3 is 20.7 Å². The van der Waals surface area contributed by atoms with Crippen LogP contribution in [0.3, 0.4) is 0 Å². The molecule has 2 saturated carbocycles. The van der Waals surface area contributed by atoms with Crippen LogP contribution in [-0.2, 0) is 14.3 Å². The number of hydrogen-bond acceptors (Lipinski definition) is 4. The number of methoxy groups -OCH3 is 1. The first-order chi connectivity index (χ1) is 13.6. The summed E-state index contributed by atoms with van der Waals surface area (Å²) in [4.78, 5) is 36.7. The molecule has 7 nitrogen and oxygen atoms in total. The lowest BCUT2D eigenvalue weighted by Crippen LogP contribution is -2.52. The fourth-order valence-corrected chi connectivity index (χ4v) is 3.77. The number of carbonyl (C=O) groups is 3. The van der Waals surface area contributed by atoms with Gasteiger partial charge in [0.2, 0.25) is 11.8 Å². The lowest BCUT2D eigenvalue weighted by molar-refractivity contribution is -0.130. The van der Waals surface area contributed by atoms with Gasteiger partial charge in [0.1, 0.15) is 0 Å². The van der Waals surface area contributed by atoms with Gasteiger partial charge >= 0.3 is 0 Å². The van der Waals surface area contributed by atoms with Gasteiger partial charge in [-0.25, -0.2) is 0 Å². The van der Waals surface area contributed by atoms with E-state index in [2.05, 4.69) is 16.0 Å². The van der Waals surface area contributed by atoms with Crippen molar-refractivity contribution in [2.24, 2.45) is 5.92 Å². The molecule has 0 aliphatic heterocycles. The summed E-state index contributed by atoms with van der Waals surface area (Å²) >= 11 is 0. The smallest absolute Gasteiger partial charge is 0.251 e. The second-order valence-electron chi connectivity index (χ2n) is 7.64. The first-order valence-corrected chi connectivity index (χ1v) is 10.0. The van der Waals surface area contributed by atoms with Gasteiger partial charge in [-0.15, -0.1) is 0 Å². The molecular formula is C21H29N3O4. The zero-order valence-corrected chi connectivity index (χ0v) is 16.3. The maximum absolute atomic E-state index is 12.4. The van der Waals surface area contributed by atoms with Crippen LogP contribution in [0.1, 0.15) is 48.9 Å². The third-order valence-corrected chi connectivity index (χ3v) is 5.71. The predicted octanol–water partition coefficient (Wildman–Crippen LogP) is 1.39. The maximum atomic E-state index is 12.4. The molecule has 0 saturated heterocycles. The van der Waals surface area contributed by atoms with E-state index in [-0.39, 0.29) is 42.3 Å². The summed E-state index contributed by atoms with van der Waals surface area (Å²) in [6.07, 6.45) is 5.11. The Labute approximate surface area is 165 Å². The first-order valence-electron chi connectivity index (χ1n) is 10.0. The predicted molar refractivity (Wildman–Crippen MR) is 105 cm³/mol. The lowest BCUT2D eigenvalue weighted by Gasteiger charge is -2.36. The molecule has 28 heavy (non-hydrogen) atoms. The van der Waals surface area contributed by atoms with Crippen LogP contribution in [0.15, 0.2) is 30.3 Å². The third-order valence-electron chi connectivity index (χ3n) is 5.71. The van der Waals surface area contributed by atoms with Gasteiger partial charge in [0.25, 0.3) is 5.91 Å². The molecule has 0 radical (unpaired) electrons. The summed E-state index contributed by atoms with van der Waals surface area (Å²) in [5.41, 5.74) is 0.517. The van der Waals surface area contributed by atoms with E-state index in [1.54, 1.807) is 31.4 Å². The summed E-state index contributed by atoms with van der Waals surface area (Å²) in [6, 6.07) is 8.96. The minimum Gasteiger partial charge on any atom is -0.379 e. The van der Waals surface area contributed by atoms with Crippen LogP contribution in [0.25, 0.3) is 0 Å². The van der Waals surface area contributed by atoms with Gasteiger partial charge in [0, 0.05) is 24.6 Å². The number of nitrogens with one attached hydrogen (secondary N) is 3. The van der Waals surface area contributed by atoms with Crippen molar-refractivity contribution in [2.75, 3.05) is 13.7 Å². The van der Waals surface area contributed by atoms with Crippen molar-refractivity contribution in [1.29, 1.82) is 0 Å². The second kappa shape index (κ2) is 9.68. The van der Waals surface area contributed by atoms with Crippen molar-refractivity contribution in [3.8, 4) is 0 Å². The van der Waals surface area contributed by atoms with Crippen LogP contribution in [0, 0.1) is 5.92 Å². The molecule has 152 valence electrons. The molecule has 2 aliphatic carbocycles. The second-order valence-corrected chi connectivity index (χ2v) is 7.64. The Bertz CT molecular complexity index is 690. The summed E-state index contributed by atoms with van der Waals surface area (Å²) in [5.74, 6) is -0.507. The van der Waals surface area contributed by atoms with E-state index in [0.717, 1.165) is 19.3 Å². The monoisotopic (exact) mass is 387 g/mol. The molecule has 2 fully saturated rings. The van der Waals surface area contributed by atoms with Gasteiger partial charge in [0.15, 0.2) is 0 Å². The molecule has 3 rings (SSSR count). The van der Waals surface area contributed by atoms with E-state index < -0.39 is 0 Å². The van der Waals surface area contributed by atoms with E-state index in [1.807, 2.05) is 6.07 Å². The highest BCUT2D eigenvalue weighted by Crippen LogP contribution is 2.28. The van der Waals surface area contributed by atoms with E-state index in [4.69, 9.17) is 4.74 Å². The molecule has 0 bridgehead atoms. The molecular weight excluding hydrogens is 358 g/mol. The lowest BCUT2D eigenvalue weighted by atomic mass is 9.82. The van der Waals surface area contributed by atoms with Crippen molar-refractivity contribution < 1.29 is 19.1 Å². The van der Waals surface area contributed by atoms with Crippen LogP contribution in [-0.4, -0.2) is 49.6 Å². The average molecular weight is 387 g/mol. The van der Waals surface area contributed by atoms with Crippen molar-refractivity contribution in [3.05, 3.63) is 35.9 Å². The Hall–Kier alpha value is -2.41. The number of ether oxygens (including phenoxy) is 1. The molecule has 7 heteroatoms. The Morgan fingerprint density at radius 1 is 1.04 bits per heavy atom. The summed E-state index contributed by atoms with van der Waals surface area (Å²) in [5, 5.41) is 8.67. The number of hydrogen-bond donors (Lipinski definition) is 3. The van der Waals surface area contributed by atoms with E-state index in [9.17, 15) is 14.4 Å². The van der Waals surface area contributed by atoms with Crippen molar-refractivity contribution >= 4 is 17.7 Å². The highest BCUT2D eigenvalue weighted by molar-refractivity contribution is 5.96. The zero-order valence-electron chi connectivity index (χ0n) is 16.3. The molecule has 0 spiro atoms. The fourth-order valence-electron chi connectivity index (χ4n) is 3.77. The quantitative estimate of drug-likeness (QED) is 0.659. The van der Waals surface area contributed by atoms with Gasteiger partial charge in [-0.3, -0.25) is 14.4 Å². The maximum Gasteiger partial charge on any atom is 0.251 e. The normalized spacial score (nSPS) is 24.7. The van der Waals surface area contributed by atoms with Crippen LogP contribution >= 0.6 is 0 Å². The summed E-state index contributed by atoms with van der Waals surface area (Å²) < 4.78 is 5.54. The highest BCUT2D eigenvalue weighted by atomic mass is 16.5. The topological polar surface area (TPSA) is 96.5 Å². The summed E-state index contributed by atoms with van der Waals surface area (Å²) in [7, 11) is 1.60. The van der Waals surface area contributed by atoms with Gasteiger partial charge in [0.05, 0.1) is 18.7 Å². The van der Waals surface area contributed by atoms with Crippen molar-refractivity contribution in [2.45, 2.75) is 56.7 Å². The minimum atomic E-state index is -0.282. The molecule has 3 atom stereocenters. The Morgan fingerprint density at radius 3 is 2.43 bits per heavy atom. The number of benzene rings is 1. The molecule has 0 aromatic heterocycles. The van der Waals surface area contributed by atoms with Gasteiger partial charge in [-0.1, -0.05) is 18.2 Å². The van der Waals surface area contributed by atoms with Crippen molar-refractivity contribution in [1.82, 2.24) is 16.0 Å². The number of amides is 3. The molecule has 2 aliphatic rings. The first kappa shape index (κ1) is 20.3. The Morgan fingerprint density at radius 2 is 1.79 bits per heavy atom. The molecule has 0 heterocycles. The average Bonchev–Trinajstić information content (AvgIpc) is 2.69. The van der Waals surface area contributed by atoms with Gasteiger partial charge in [-0.05, 0) is 50.7 Å². The largest absolute Gasteiger partial charge is 0.379 e. The molecule has 3 N–H and O–H groups in total. The number of carbonyl (C=O) groups excluding carboxylic acids is 3. The van der Waals surface area contributed by atoms with E-state index >= 15 is 0 Å². The standard InChI is InChI=1S/C21H29N3O4/c1-28-18-12-15(21(27)23-16-8-5-9-16)10-11-17(18)24-19(25)13-22-20(26)14-6-3-2-4-7-14/h2-4,6-7,15-18H,5,8-13H2,1H3,(H,22,26)(H,23,27)(H,24,25)/t15-,17+,18+/m0/s1. The molecule has 1 aromatic carbocycles. The van der Waals surface area contributed by atoms with Crippen LogP contribution in [0.2, 0.25) is 0 Å². The zero-order chi connectivity index (χ0) is 19.9. The number of rotatable bonds is 7. The van der Waals surface area contributed by atoms with E-state index in [1.165, 1.54) is 6.42 Å². The van der Waals surface area contributed by atoms with Crippen molar-refractivity contribution in [3.63, 3.8) is 0 Å². The molecule has 3 amide bonds. The van der Waals surface area contributed by atoms with Crippen LogP contribution < -0.4 is 16.0 Å². The van der Waals surface area contributed by atoms with E-state index in [0.29, 0.717) is 24.4 Å². The van der Waals surface area contributed by atoms with Crippen LogP contribution in [0.5, 0.6) is 0 Å². The Balaban J connectivity index is 1.43. The third kappa shape index (κ3) is 5.32. The fraction of sp³-hybridized carbons (Fsp3) is 0.571. The molecule has 1 aromatic rings. The Kier molecular flexibility index (Phi) is 7.03. The van der Waals surface area contributed by atoms with Crippen LogP contribution in [0.4, 0.5) is 0 Å². The SMILES string of the molecule is CO[C@@H]1C[C@@H](C(=O)NC2CCC2)CC[C@H]1NC(=O)CNC(=O)c1ccccc1. The van der Waals surface area contributed by atoms with Gasteiger partial charge in [-0.2, -0.15) is 0 Å². The molecule has 0 unspecified atom stereocenters. The highest BCUT2D eigenvalue weighted by Gasteiger charge is 2.35.